The van der Waals surface area contributed by atoms with Crippen molar-refractivity contribution in [2.45, 2.75) is 37.6 Å². The van der Waals surface area contributed by atoms with Crippen molar-refractivity contribution >= 4 is 17.0 Å². The van der Waals surface area contributed by atoms with Crippen LogP contribution < -0.4 is 10.1 Å². The highest BCUT2D eigenvalue weighted by atomic mass is 16.5. The van der Waals surface area contributed by atoms with Crippen LogP contribution in [0.25, 0.3) is 10.9 Å². The lowest BCUT2D eigenvalue weighted by Gasteiger charge is -2.40. The van der Waals surface area contributed by atoms with Gasteiger partial charge in [0.25, 0.3) is 0 Å². The maximum Gasteiger partial charge on any atom is 0.412 e. The van der Waals surface area contributed by atoms with Crippen LogP contribution in [0.1, 0.15) is 36.1 Å². The molecule has 5 heteroatoms. The Hall–Kier alpha value is -2.79. The average Bonchev–Trinajstić information content (AvgIpc) is 3.27. The van der Waals surface area contributed by atoms with Gasteiger partial charge in [0, 0.05) is 42.7 Å². The van der Waals surface area contributed by atoms with E-state index in [-0.39, 0.29) is 5.41 Å². The van der Waals surface area contributed by atoms with Crippen molar-refractivity contribution in [3.8, 4) is 5.75 Å². The molecular formula is C25H29N3O2. The number of amides is 1. The summed E-state index contributed by atoms with van der Waals surface area (Å²) >= 11 is 0. The maximum atomic E-state index is 11.6. The molecule has 0 bridgehead atoms. The van der Waals surface area contributed by atoms with Crippen molar-refractivity contribution in [3.63, 3.8) is 0 Å². The minimum atomic E-state index is -0.427. The monoisotopic (exact) mass is 403 g/mol. The summed E-state index contributed by atoms with van der Waals surface area (Å²) in [5.41, 5.74) is 5.86. The summed E-state index contributed by atoms with van der Waals surface area (Å²) in [7, 11) is 3.78. The SMILES string of the molecule is CNC(=O)Oc1ccc2c(c1)c1c(n2C)C2(CC1)CCN(Cc1ccccc1)CC2. The Kier molecular flexibility index (Phi) is 4.78. The number of aromatic nitrogens is 1. The van der Waals surface area contributed by atoms with Crippen LogP contribution in [0.5, 0.6) is 5.75 Å². The van der Waals surface area contributed by atoms with Crippen molar-refractivity contribution in [1.29, 1.82) is 0 Å². The van der Waals surface area contributed by atoms with E-state index in [0.29, 0.717) is 5.75 Å². The van der Waals surface area contributed by atoms with Crippen molar-refractivity contribution in [2.24, 2.45) is 7.05 Å². The molecule has 1 saturated heterocycles. The summed E-state index contributed by atoms with van der Waals surface area (Å²) in [5.74, 6) is 0.605. The molecule has 1 aromatic heterocycles. The van der Waals surface area contributed by atoms with Crippen molar-refractivity contribution < 1.29 is 9.53 Å². The first-order valence-corrected chi connectivity index (χ1v) is 10.9. The molecule has 0 atom stereocenters. The number of rotatable bonds is 3. The molecule has 0 radical (unpaired) electrons. The average molecular weight is 404 g/mol. The third kappa shape index (κ3) is 3.18. The molecule has 1 aliphatic carbocycles. The Balaban J connectivity index is 1.40. The second-order valence-electron chi connectivity index (χ2n) is 8.75. The Labute approximate surface area is 177 Å². The first kappa shape index (κ1) is 19.2. The number of nitrogens with zero attached hydrogens (tertiary/aromatic N) is 2. The number of ether oxygens (including phenoxy) is 1. The summed E-state index contributed by atoms with van der Waals surface area (Å²) < 4.78 is 7.78. The van der Waals surface area contributed by atoms with Crippen LogP contribution in [-0.2, 0) is 25.4 Å². The predicted octanol–water partition coefficient (Wildman–Crippen LogP) is 4.38. The fraction of sp³-hybridized carbons (Fsp3) is 0.400. The van der Waals surface area contributed by atoms with Crippen molar-refractivity contribution in [3.05, 3.63) is 65.4 Å². The zero-order valence-corrected chi connectivity index (χ0v) is 17.8. The van der Waals surface area contributed by atoms with Crippen LogP contribution in [0, 0.1) is 0 Å². The lowest BCUT2D eigenvalue weighted by Crippen LogP contribution is -2.42. The van der Waals surface area contributed by atoms with Gasteiger partial charge in [-0.15, -0.1) is 0 Å². The zero-order valence-electron chi connectivity index (χ0n) is 17.8. The van der Waals surface area contributed by atoms with E-state index in [2.05, 4.69) is 58.2 Å². The molecular weight excluding hydrogens is 374 g/mol. The Morgan fingerprint density at radius 2 is 1.87 bits per heavy atom. The third-order valence-electron chi connectivity index (χ3n) is 7.11. The van der Waals surface area contributed by atoms with Crippen molar-refractivity contribution in [1.82, 2.24) is 14.8 Å². The highest BCUT2D eigenvalue weighted by Gasteiger charge is 2.44. The number of fused-ring (bicyclic) bond motifs is 4. The van der Waals surface area contributed by atoms with Crippen molar-refractivity contribution in [2.75, 3.05) is 20.1 Å². The van der Waals surface area contributed by atoms with E-state index >= 15 is 0 Å². The summed E-state index contributed by atoms with van der Waals surface area (Å²) in [6, 6.07) is 16.8. The van der Waals surface area contributed by atoms with Gasteiger partial charge in [0.1, 0.15) is 5.75 Å². The van der Waals surface area contributed by atoms with Gasteiger partial charge in [-0.1, -0.05) is 30.3 Å². The van der Waals surface area contributed by atoms with E-state index in [4.69, 9.17) is 4.74 Å². The Bertz CT molecular complexity index is 1080. The lowest BCUT2D eigenvalue weighted by atomic mass is 9.76. The molecule has 0 unspecified atom stereocenters. The van der Waals surface area contributed by atoms with Crippen LogP contribution in [0.3, 0.4) is 0 Å². The van der Waals surface area contributed by atoms with E-state index in [0.717, 1.165) is 26.1 Å². The number of carbonyl (C=O) groups is 1. The molecule has 3 aromatic rings. The van der Waals surface area contributed by atoms with Crippen LogP contribution in [0.4, 0.5) is 4.79 Å². The summed E-state index contributed by atoms with van der Waals surface area (Å²) in [6.07, 6.45) is 4.32. The first-order chi connectivity index (χ1) is 14.6. The molecule has 2 aliphatic rings. The number of hydrogen-bond acceptors (Lipinski definition) is 3. The highest BCUT2D eigenvalue weighted by molar-refractivity contribution is 5.88. The molecule has 1 aliphatic heterocycles. The van der Waals surface area contributed by atoms with E-state index < -0.39 is 6.09 Å². The molecule has 2 heterocycles. The van der Waals surface area contributed by atoms with Gasteiger partial charge in [0.2, 0.25) is 0 Å². The van der Waals surface area contributed by atoms with E-state index in [1.165, 1.54) is 47.0 Å². The maximum absolute atomic E-state index is 11.6. The Morgan fingerprint density at radius 1 is 1.10 bits per heavy atom. The molecule has 1 spiro atoms. The highest BCUT2D eigenvalue weighted by Crippen LogP contribution is 2.49. The number of aryl methyl sites for hydroxylation is 2. The quantitative estimate of drug-likeness (QED) is 0.706. The second-order valence-corrected chi connectivity index (χ2v) is 8.75. The fourth-order valence-corrected chi connectivity index (χ4v) is 5.60. The molecule has 5 rings (SSSR count). The minimum absolute atomic E-state index is 0.276. The van der Waals surface area contributed by atoms with E-state index in [1.54, 1.807) is 7.05 Å². The van der Waals surface area contributed by atoms with Gasteiger partial charge >= 0.3 is 6.09 Å². The summed E-state index contributed by atoms with van der Waals surface area (Å²) in [6.45, 7) is 3.32. The zero-order chi connectivity index (χ0) is 20.7. The number of hydrogen-bond donors (Lipinski definition) is 1. The van der Waals surface area contributed by atoms with Gasteiger partial charge in [0.05, 0.1) is 0 Å². The molecule has 2 aromatic carbocycles. The van der Waals surface area contributed by atoms with Gasteiger partial charge in [-0.2, -0.15) is 0 Å². The second kappa shape index (κ2) is 7.47. The molecule has 1 fully saturated rings. The number of nitrogens with one attached hydrogen (secondary N) is 1. The van der Waals surface area contributed by atoms with Gasteiger partial charge < -0.3 is 14.6 Å². The molecule has 1 amide bonds. The van der Waals surface area contributed by atoms with Crippen LogP contribution in [0.15, 0.2) is 48.5 Å². The summed E-state index contributed by atoms with van der Waals surface area (Å²) in [5, 5.41) is 3.75. The fourth-order valence-electron chi connectivity index (χ4n) is 5.60. The van der Waals surface area contributed by atoms with E-state index in [1.807, 2.05) is 12.1 Å². The predicted molar refractivity (Wildman–Crippen MR) is 119 cm³/mol. The summed E-state index contributed by atoms with van der Waals surface area (Å²) in [4.78, 5) is 14.2. The molecule has 30 heavy (non-hydrogen) atoms. The van der Waals surface area contributed by atoms with Crippen LogP contribution in [-0.4, -0.2) is 35.7 Å². The molecule has 5 nitrogen and oxygen atoms in total. The standard InChI is InChI=1S/C25H29N3O2/c1-26-24(29)30-19-8-9-22-21(16-19)20-10-11-25(23(20)27(22)2)12-14-28(15-13-25)17-18-6-4-3-5-7-18/h3-9,16H,10-15,17H2,1-2H3,(H,26,29). The normalized spacial score (nSPS) is 17.9. The number of carbonyl (C=O) groups excluding carboxylic acids is 1. The van der Waals surface area contributed by atoms with Crippen LogP contribution in [0.2, 0.25) is 0 Å². The first-order valence-electron chi connectivity index (χ1n) is 10.9. The van der Waals surface area contributed by atoms with Gasteiger partial charge in [-0.3, -0.25) is 4.90 Å². The van der Waals surface area contributed by atoms with Gasteiger partial charge in [-0.25, -0.2) is 4.79 Å². The van der Waals surface area contributed by atoms with Gasteiger partial charge in [0.15, 0.2) is 0 Å². The van der Waals surface area contributed by atoms with Gasteiger partial charge in [-0.05, 0) is 68.1 Å². The Morgan fingerprint density at radius 3 is 2.60 bits per heavy atom. The van der Waals surface area contributed by atoms with Crippen LogP contribution >= 0.6 is 0 Å². The molecule has 0 saturated carbocycles. The topological polar surface area (TPSA) is 46.5 Å². The molecule has 156 valence electrons. The number of likely N-dealkylation sites (tertiary alicyclic amines) is 1. The molecule has 1 N–H and O–H groups in total. The number of piperidine rings is 1. The smallest absolute Gasteiger partial charge is 0.410 e. The minimum Gasteiger partial charge on any atom is -0.410 e. The lowest BCUT2D eigenvalue weighted by molar-refractivity contribution is 0.148. The van der Waals surface area contributed by atoms with E-state index in [9.17, 15) is 4.79 Å². The largest absolute Gasteiger partial charge is 0.412 e. The third-order valence-corrected chi connectivity index (χ3v) is 7.11. The number of benzene rings is 2.